The van der Waals surface area contributed by atoms with Crippen LogP contribution in [0, 0.1) is 0 Å². The third-order valence-corrected chi connectivity index (χ3v) is 8.66. The van der Waals surface area contributed by atoms with E-state index in [0.29, 0.717) is 28.2 Å². The van der Waals surface area contributed by atoms with Gasteiger partial charge in [-0.3, -0.25) is 28.3 Å². The molecule has 232 valence electrons. The molecule has 0 radical (unpaired) electrons. The predicted molar refractivity (Wildman–Crippen MR) is 160 cm³/mol. The fourth-order valence-corrected chi connectivity index (χ4v) is 6.25. The van der Waals surface area contributed by atoms with Crippen LogP contribution in [0.15, 0.2) is 47.5 Å². The van der Waals surface area contributed by atoms with E-state index >= 15 is 0 Å². The maximum absolute atomic E-state index is 13.6. The number of carbonyl (C=O) groups is 4. The van der Waals surface area contributed by atoms with E-state index in [1.165, 1.54) is 37.7 Å². The molecular weight excluding hydrogens is 643 g/mol. The van der Waals surface area contributed by atoms with Crippen molar-refractivity contribution in [3.05, 3.63) is 69.2 Å². The van der Waals surface area contributed by atoms with Crippen molar-refractivity contribution in [2.24, 2.45) is 0 Å². The van der Waals surface area contributed by atoms with E-state index in [-0.39, 0.29) is 35.1 Å². The Labute approximate surface area is 263 Å². The van der Waals surface area contributed by atoms with Crippen molar-refractivity contribution in [1.82, 2.24) is 23.3 Å². The number of benzene rings is 2. The topological polar surface area (TPSA) is 105 Å². The Morgan fingerprint density at radius 2 is 1.80 bits per heavy atom. The first-order chi connectivity index (χ1) is 20.6. The van der Waals surface area contributed by atoms with Crippen LogP contribution in [0.3, 0.4) is 0 Å². The van der Waals surface area contributed by atoms with Gasteiger partial charge in [0.05, 0.1) is 54.0 Å². The summed E-state index contributed by atoms with van der Waals surface area (Å²) in [5.41, 5.74) is -0.425. The Kier molecular flexibility index (Phi) is 8.66. The lowest BCUT2D eigenvalue weighted by atomic mass is 10.1. The maximum atomic E-state index is 13.6. The van der Waals surface area contributed by atoms with Crippen LogP contribution in [-0.4, -0.2) is 71.7 Å². The number of hydrogen-bond donors (Lipinski definition) is 0. The third kappa shape index (κ3) is 7.00. The Morgan fingerprint density at radius 1 is 1.07 bits per heavy atom. The van der Waals surface area contributed by atoms with E-state index in [2.05, 4.69) is 5.10 Å². The minimum absolute atomic E-state index is 0.00377. The van der Waals surface area contributed by atoms with Crippen LogP contribution < -0.4 is 0 Å². The molecule has 44 heavy (non-hydrogen) atoms. The maximum Gasteiger partial charge on any atom is 0.421 e. The number of ether oxygens (including phenoxy) is 1. The average molecular weight is 668 g/mol. The monoisotopic (exact) mass is 667 g/mol. The molecule has 0 aliphatic carbocycles. The van der Waals surface area contributed by atoms with E-state index < -0.39 is 47.0 Å². The zero-order chi connectivity index (χ0) is 32.0. The molecule has 5 rings (SSSR count). The van der Waals surface area contributed by atoms with Gasteiger partial charge in [-0.25, -0.2) is 9.10 Å². The molecule has 0 N–H and O–H groups in total. The number of nitrogens with zero attached hydrogens (tertiary/aromatic N) is 5. The highest BCUT2D eigenvalue weighted by Gasteiger charge is 2.39. The number of rotatable bonds is 5. The number of halogens is 4. The van der Waals surface area contributed by atoms with E-state index in [0.717, 1.165) is 23.1 Å². The molecule has 3 heterocycles. The molecule has 10 nitrogen and oxygen atoms in total. The summed E-state index contributed by atoms with van der Waals surface area (Å²) in [7, 11) is 0. The normalized spacial score (nSPS) is 17.0. The van der Waals surface area contributed by atoms with Gasteiger partial charge in [-0.15, -0.1) is 0 Å². The van der Waals surface area contributed by atoms with Gasteiger partial charge in [0, 0.05) is 10.4 Å². The van der Waals surface area contributed by atoms with Gasteiger partial charge < -0.3 is 4.74 Å². The SMILES string of the molecule is CC(C)(C)OC(=O)N1CCN(C(=O)CN2C(=O)SC(=Cc3ccc4c(cnn4Cc4ccc(Cl)cc4C(F)(F)F)c3)C2=O)S1. The van der Waals surface area contributed by atoms with Crippen LogP contribution in [0.4, 0.5) is 22.8 Å². The summed E-state index contributed by atoms with van der Waals surface area (Å²) in [5.74, 6) is -1.16. The van der Waals surface area contributed by atoms with Gasteiger partial charge in [0.25, 0.3) is 17.1 Å². The summed E-state index contributed by atoms with van der Waals surface area (Å²) in [6.45, 7) is 4.98. The Morgan fingerprint density at radius 3 is 2.50 bits per heavy atom. The van der Waals surface area contributed by atoms with Crippen LogP contribution in [0.1, 0.15) is 37.5 Å². The van der Waals surface area contributed by atoms with Crippen molar-refractivity contribution in [1.29, 1.82) is 0 Å². The number of carbonyl (C=O) groups excluding carboxylic acids is 4. The first-order valence-electron chi connectivity index (χ1n) is 13.1. The minimum atomic E-state index is -4.59. The number of alkyl halides is 3. The largest absolute Gasteiger partial charge is 0.443 e. The molecular formula is C28H25ClF3N5O5S2. The van der Waals surface area contributed by atoms with Gasteiger partial charge in [-0.1, -0.05) is 23.7 Å². The fourth-order valence-electron chi connectivity index (χ4n) is 4.42. The summed E-state index contributed by atoms with van der Waals surface area (Å²) in [5, 5.41) is 4.21. The Hall–Kier alpha value is -3.69. The summed E-state index contributed by atoms with van der Waals surface area (Å²) in [6.07, 6.45) is -2.18. The number of hydrogen-bond acceptors (Lipinski definition) is 8. The molecule has 0 saturated carbocycles. The zero-order valence-corrected chi connectivity index (χ0v) is 25.9. The second-order valence-electron chi connectivity index (χ2n) is 10.8. The number of thioether (sulfide) groups is 1. The molecule has 0 unspecified atom stereocenters. The fraction of sp³-hybridized carbons (Fsp3) is 0.321. The highest BCUT2D eigenvalue weighted by atomic mass is 35.5. The van der Waals surface area contributed by atoms with Crippen molar-refractivity contribution in [2.45, 2.75) is 39.1 Å². The molecule has 0 atom stereocenters. The standard InChI is InChI=1S/C28H25ClF3N5O5S2/c1-27(2,3)42-25(40)37-9-8-36(44-37)23(38)15-34-24(39)22(43-26(34)41)11-16-4-7-21-18(10-16)13-33-35(21)14-17-5-6-19(29)12-20(17)28(30,31)32/h4-7,10-13H,8-9,14-15H2,1-3H3. The van der Waals surface area contributed by atoms with Crippen molar-refractivity contribution < 1.29 is 37.1 Å². The van der Waals surface area contributed by atoms with Gasteiger partial charge in [0.1, 0.15) is 12.1 Å². The van der Waals surface area contributed by atoms with Crippen LogP contribution in [0.2, 0.25) is 5.02 Å². The molecule has 2 fully saturated rings. The van der Waals surface area contributed by atoms with E-state index in [1.54, 1.807) is 39.0 Å². The Balaban J connectivity index is 1.26. The summed E-state index contributed by atoms with van der Waals surface area (Å²) in [6, 6.07) is 8.58. The summed E-state index contributed by atoms with van der Waals surface area (Å²) in [4.78, 5) is 51.8. The van der Waals surface area contributed by atoms with Gasteiger partial charge >= 0.3 is 12.3 Å². The second-order valence-corrected chi connectivity index (χ2v) is 13.3. The van der Waals surface area contributed by atoms with Crippen molar-refractivity contribution in [3.63, 3.8) is 0 Å². The number of amides is 4. The molecule has 2 aliphatic rings. The molecule has 0 bridgehead atoms. The molecule has 2 saturated heterocycles. The Bertz CT molecular complexity index is 1700. The lowest BCUT2D eigenvalue weighted by Gasteiger charge is -2.23. The van der Waals surface area contributed by atoms with E-state index in [9.17, 15) is 32.3 Å². The molecule has 4 amide bonds. The highest BCUT2D eigenvalue weighted by molar-refractivity contribution is 8.18. The van der Waals surface area contributed by atoms with Crippen molar-refractivity contribution in [2.75, 3.05) is 19.6 Å². The van der Waals surface area contributed by atoms with Crippen LogP contribution in [-0.2, 0) is 27.0 Å². The van der Waals surface area contributed by atoms with Gasteiger partial charge in [0.15, 0.2) is 0 Å². The zero-order valence-electron chi connectivity index (χ0n) is 23.6. The number of imide groups is 1. The van der Waals surface area contributed by atoms with Gasteiger partial charge in [-0.2, -0.15) is 18.3 Å². The summed E-state index contributed by atoms with van der Waals surface area (Å²) >= 11 is 7.34. The first kappa shape index (κ1) is 31.7. The molecule has 1 aromatic heterocycles. The molecule has 16 heteroatoms. The lowest BCUT2D eigenvalue weighted by Crippen LogP contribution is -2.39. The second kappa shape index (κ2) is 12.0. The lowest BCUT2D eigenvalue weighted by molar-refractivity contribution is -0.138. The summed E-state index contributed by atoms with van der Waals surface area (Å²) < 4.78 is 50.0. The molecule has 3 aromatic rings. The number of aromatic nitrogens is 2. The van der Waals surface area contributed by atoms with Crippen LogP contribution >= 0.6 is 35.5 Å². The first-order valence-corrected chi connectivity index (χ1v) is 15.1. The third-order valence-electron chi connectivity index (χ3n) is 6.41. The molecule has 0 spiro atoms. The average Bonchev–Trinajstić information content (AvgIpc) is 3.63. The van der Waals surface area contributed by atoms with Crippen LogP contribution in [0.25, 0.3) is 17.0 Å². The molecule has 2 aromatic carbocycles. The number of fused-ring (bicyclic) bond motifs is 1. The van der Waals surface area contributed by atoms with Crippen LogP contribution in [0.5, 0.6) is 0 Å². The van der Waals surface area contributed by atoms with Crippen molar-refractivity contribution >= 4 is 75.6 Å². The quantitative estimate of drug-likeness (QED) is 0.226. The van der Waals surface area contributed by atoms with E-state index in [1.807, 2.05) is 0 Å². The smallest absolute Gasteiger partial charge is 0.421 e. The van der Waals surface area contributed by atoms with Gasteiger partial charge in [0.2, 0.25) is 0 Å². The van der Waals surface area contributed by atoms with Gasteiger partial charge in [-0.05, 0) is 74.0 Å². The van der Waals surface area contributed by atoms with E-state index in [4.69, 9.17) is 16.3 Å². The minimum Gasteiger partial charge on any atom is -0.443 e. The molecule has 2 aliphatic heterocycles. The van der Waals surface area contributed by atoms with Crippen molar-refractivity contribution in [3.8, 4) is 0 Å². The highest BCUT2D eigenvalue weighted by Crippen LogP contribution is 2.36. The predicted octanol–water partition coefficient (Wildman–Crippen LogP) is 6.44.